The van der Waals surface area contributed by atoms with Crippen LogP contribution in [0.5, 0.6) is 17.8 Å². The molecule has 0 unspecified atom stereocenters. The topological polar surface area (TPSA) is 83.2 Å². The molecule has 0 fully saturated rings. The van der Waals surface area contributed by atoms with Crippen LogP contribution in [0, 0.1) is 6.92 Å². The van der Waals surface area contributed by atoms with Crippen LogP contribution in [-0.2, 0) is 0 Å². The highest BCUT2D eigenvalue weighted by Crippen LogP contribution is 2.29. The third-order valence-electron chi connectivity index (χ3n) is 2.08. The van der Waals surface area contributed by atoms with E-state index in [1.54, 1.807) is 12.1 Å². The summed E-state index contributed by atoms with van der Waals surface area (Å²) in [6, 6.07) is 5.49. The van der Waals surface area contributed by atoms with Crippen LogP contribution in [0.15, 0.2) is 18.2 Å². The number of ether oxygens (including phenoxy) is 2. The normalized spacial score (nSPS) is 10.2. The number of rotatable bonds is 3. The van der Waals surface area contributed by atoms with Crippen molar-refractivity contribution in [2.24, 2.45) is 0 Å². The Labute approximate surface area is 109 Å². The first-order valence-electron chi connectivity index (χ1n) is 5.08. The predicted molar refractivity (Wildman–Crippen MR) is 67.1 cm³/mol. The monoisotopic (exact) mass is 266 g/mol. The molecule has 0 radical (unpaired) electrons. The van der Waals surface area contributed by atoms with Crippen LogP contribution in [0.2, 0.25) is 5.02 Å². The molecule has 1 aromatic heterocycles. The van der Waals surface area contributed by atoms with E-state index in [9.17, 15) is 0 Å². The van der Waals surface area contributed by atoms with Crippen molar-refractivity contribution < 1.29 is 9.47 Å². The van der Waals surface area contributed by atoms with Crippen molar-refractivity contribution in [3.8, 4) is 17.8 Å². The Morgan fingerprint density at radius 3 is 2.61 bits per heavy atom. The van der Waals surface area contributed by atoms with E-state index >= 15 is 0 Å². The molecule has 0 amide bonds. The molecule has 2 rings (SSSR count). The molecule has 0 saturated heterocycles. The Kier molecular flexibility index (Phi) is 3.47. The fourth-order valence-electron chi connectivity index (χ4n) is 1.28. The van der Waals surface area contributed by atoms with Crippen LogP contribution in [0.4, 0.5) is 5.95 Å². The number of hydrogen-bond acceptors (Lipinski definition) is 6. The van der Waals surface area contributed by atoms with Gasteiger partial charge in [0, 0.05) is 0 Å². The first-order chi connectivity index (χ1) is 8.58. The van der Waals surface area contributed by atoms with Gasteiger partial charge in [-0.15, -0.1) is 4.98 Å². The Morgan fingerprint density at radius 1 is 1.17 bits per heavy atom. The minimum Gasteiger partial charge on any atom is -0.467 e. The molecule has 94 valence electrons. The van der Waals surface area contributed by atoms with Crippen LogP contribution in [0.3, 0.4) is 0 Å². The fourth-order valence-corrected chi connectivity index (χ4v) is 1.43. The molecule has 0 aliphatic carbocycles. The summed E-state index contributed by atoms with van der Waals surface area (Å²) >= 11 is 6.00. The summed E-state index contributed by atoms with van der Waals surface area (Å²) in [6.07, 6.45) is 0. The van der Waals surface area contributed by atoms with Crippen molar-refractivity contribution >= 4 is 17.5 Å². The number of nitrogen functional groups attached to an aromatic ring is 1. The highest BCUT2D eigenvalue weighted by atomic mass is 35.5. The van der Waals surface area contributed by atoms with Crippen molar-refractivity contribution in [3.63, 3.8) is 0 Å². The van der Waals surface area contributed by atoms with Gasteiger partial charge in [-0.1, -0.05) is 17.7 Å². The van der Waals surface area contributed by atoms with Crippen molar-refractivity contribution in [2.45, 2.75) is 6.92 Å². The lowest BCUT2D eigenvalue weighted by Crippen LogP contribution is -2.03. The van der Waals surface area contributed by atoms with E-state index in [1.807, 2.05) is 13.0 Å². The molecule has 6 nitrogen and oxygen atoms in total. The summed E-state index contributed by atoms with van der Waals surface area (Å²) in [7, 11) is 1.43. The molecule has 7 heteroatoms. The summed E-state index contributed by atoms with van der Waals surface area (Å²) in [4.78, 5) is 11.5. The maximum Gasteiger partial charge on any atom is 0.330 e. The smallest absolute Gasteiger partial charge is 0.330 e. The minimum absolute atomic E-state index is 0.0145. The van der Waals surface area contributed by atoms with Gasteiger partial charge in [-0.3, -0.25) is 0 Å². The highest BCUT2D eigenvalue weighted by Gasteiger charge is 2.09. The van der Waals surface area contributed by atoms with Crippen molar-refractivity contribution in [1.29, 1.82) is 0 Å². The van der Waals surface area contributed by atoms with Gasteiger partial charge in [-0.25, -0.2) is 0 Å². The Morgan fingerprint density at radius 2 is 1.89 bits per heavy atom. The van der Waals surface area contributed by atoms with Crippen LogP contribution < -0.4 is 15.2 Å². The van der Waals surface area contributed by atoms with Gasteiger partial charge in [0.1, 0.15) is 5.75 Å². The average molecular weight is 267 g/mol. The lowest BCUT2D eigenvalue weighted by atomic mass is 10.2. The largest absolute Gasteiger partial charge is 0.467 e. The van der Waals surface area contributed by atoms with E-state index in [0.29, 0.717) is 10.8 Å². The zero-order chi connectivity index (χ0) is 13.1. The molecule has 0 aliphatic heterocycles. The van der Waals surface area contributed by atoms with Gasteiger partial charge in [-0.05, 0) is 24.6 Å². The Hall–Kier alpha value is -2.08. The zero-order valence-corrected chi connectivity index (χ0v) is 10.6. The molecule has 1 aromatic carbocycles. The summed E-state index contributed by atoms with van der Waals surface area (Å²) in [5, 5.41) is 0.457. The molecule has 0 spiro atoms. The molecular formula is C11H11ClN4O2. The third kappa shape index (κ3) is 2.78. The van der Waals surface area contributed by atoms with E-state index in [0.717, 1.165) is 5.56 Å². The van der Waals surface area contributed by atoms with Gasteiger partial charge in [-0.2, -0.15) is 9.97 Å². The van der Waals surface area contributed by atoms with Gasteiger partial charge >= 0.3 is 12.0 Å². The number of nitrogens with zero attached hydrogens (tertiary/aromatic N) is 3. The number of anilines is 1. The van der Waals surface area contributed by atoms with E-state index in [2.05, 4.69) is 15.0 Å². The summed E-state index contributed by atoms with van der Waals surface area (Å²) < 4.78 is 10.3. The number of aryl methyl sites for hydroxylation is 1. The van der Waals surface area contributed by atoms with Crippen LogP contribution in [-0.4, -0.2) is 22.1 Å². The molecule has 0 atom stereocenters. The summed E-state index contributed by atoms with van der Waals surface area (Å²) in [5.74, 6) is 0.463. The van der Waals surface area contributed by atoms with Crippen LogP contribution >= 0.6 is 11.6 Å². The van der Waals surface area contributed by atoms with Crippen LogP contribution in [0.1, 0.15) is 5.56 Å². The molecule has 2 aromatic rings. The maximum atomic E-state index is 6.00. The first kappa shape index (κ1) is 12.4. The fraction of sp³-hybridized carbons (Fsp3) is 0.182. The van der Waals surface area contributed by atoms with Gasteiger partial charge in [0.05, 0.1) is 12.1 Å². The zero-order valence-electron chi connectivity index (χ0n) is 9.85. The molecule has 0 saturated carbocycles. The van der Waals surface area contributed by atoms with Crippen molar-refractivity contribution in [1.82, 2.24) is 15.0 Å². The average Bonchev–Trinajstić information content (AvgIpc) is 2.33. The maximum absolute atomic E-state index is 6.00. The van der Waals surface area contributed by atoms with Gasteiger partial charge in [0.25, 0.3) is 0 Å². The molecule has 18 heavy (non-hydrogen) atoms. The minimum atomic E-state index is 0.0145. The van der Waals surface area contributed by atoms with E-state index in [-0.39, 0.29) is 18.0 Å². The van der Waals surface area contributed by atoms with Gasteiger partial charge in [0.15, 0.2) is 0 Å². The van der Waals surface area contributed by atoms with E-state index in [4.69, 9.17) is 26.8 Å². The molecule has 1 heterocycles. The summed E-state index contributed by atoms with van der Waals surface area (Å²) in [5.41, 5.74) is 6.50. The predicted octanol–water partition coefficient (Wildman–Crippen LogP) is 2.22. The number of nitrogens with two attached hydrogens (primary N) is 1. The number of hydrogen-bond donors (Lipinski definition) is 1. The third-order valence-corrected chi connectivity index (χ3v) is 2.39. The van der Waals surface area contributed by atoms with Gasteiger partial charge in [0.2, 0.25) is 5.95 Å². The summed E-state index contributed by atoms with van der Waals surface area (Å²) in [6.45, 7) is 1.92. The standard InChI is InChI=1S/C11H11ClN4O2/c1-6-3-4-7(12)8(5-6)18-11-15-9(13)14-10(16-11)17-2/h3-5H,1-2H3,(H2,13,14,15,16). The Bertz CT molecular complexity index is 577. The molecule has 2 N–H and O–H groups in total. The lowest BCUT2D eigenvalue weighted by Gasteiger charge is -2.07. The van der Waals surface area contributed by atoms with Crippen molar-refractivity contribution in [2.75, 3.05) is 12.8 Å². The molecular weight excluding hydrogens is 256 g/mol. The lowest BCUT2D eigenvalue weighted by molar-refractivity contribution is 0.360. The van der Waals surface area contributed by atoms with E-state index in [1.165, 1.54) is 7.11 Å². The Balaban J connectivity index is 2.33. The van der Waals surface area contributed by atoms with Gasteiger partial charge < -0.3 is 15.2 Å². The van der Waals surface area contributed by atoms with Crippen molar-refractivity contribution in [3.05, 3.63) is 28.8 Å². The number of methoxy groups -OCH3 is 1. The second-order valence-electron chi connectivity index (χ2n) is 3.50. The SMILES string of the molecule is COc1nc(N)nc(Oc2cc(C)ccc2Cl)n1. The molecule has 0 aliphatic rings. The second kappa shape index (κ2) is 5.05. The molecule has 0 bridgehead atoms. The first-order valence-corrected chi connectivity index (χ1v) is 5.46. The van der Waals surface area contributed by atoms with Crippen LogP contribution in [0.25, 0.3) is 0 Å². The number of halogens is 1. The second-order valence-corrected chi connectivity index (χ2v) is 3.91. The quantitative estimate of drug-likeness (QED) is 0.917. The number of aromatic nitrogens is 3. The highest BCUT2D eigenvalue weighted by molar-refractivity contribution is 6.32. The number of benzene rings is 1. The van der Waals surface area contributed by atoms with E-state index < -0.39 is 0 Å².